The molecule has 8 heteroatoms. The van der Waals surface area contributed by atoms with Gasteiger partial charge in [-0.1, -0.05) is 29.8 Å². The Labute approximate surface area is 181 Å². The third-order valence-corrected chi connectivity index (χ3v) is 5.07. The molecule has 1 aliphatic heterocycles. The molecule has 0 spiro atoms. The molecule has 0 saturated carbocycles. The number of ether oxygens (including phenoxy) is 1. The molecule has 1 aliphatic rings. The molecule has 160 valence electrons. The summed E-state index contributed by atoms with van der Waals surface area (Å²) >= 11 is 5.83. The zero-order valence-corrected chi connectivity index (χ0v) is 17.5. The number of benzene rings is 2. The van der Waals surface area contributed by atoms with Gasteiger partial charge >= 0.3 is 6.03 Å². The van der Waals surface area contributed by atoms with Crippen molar-refractivity contribution in [2.75, 3.05) is 38.1 Å². The molecule has 30 heavy (non-hydrogen) atoms. The summed E-state index contributed by atoms with van der Waals surface area (Å²) in [5, 5.41) is 9.34. The first kappa shape index (κ1) is 21.9. The molecule has 0 radical (unpaired) electrons. The molecule has 0 bridgehead atoms. The van der Waals surface area contributed by atoms with Gasteiger partial charge in [0.05, 0.1) is 13.1 Å². The van der Waals surface area contributed by atoms with Crippen LogP contribution in [-0.2, 0) is 4.79 Å². The number of likely N-dealkylation sites (tertiary alicyclic amines) is 1. The number of piperidine rings is 1. The Morgan fingerprint density at radius 2 is 1.73 bits per heavy atom. The van der Waals surface area contributed by atoms with Crippen LogP contribution in [0.4, 0.5) is 10.5 Å². The maximum absolute atomic E-state index is 12.2. The van der Waals surface area contributed by atoms with Gasteiger partial charge in [-0.3, -0.25) is 9.69 Å². The predicted molar refractivity (Wildman–Crippen MR) is 118 cm³/mol. The second-order valence-corrected chi connectivity index (χ2v) is 7.60. The lowest BCUT2D eigenvalue weighted by Gasteiger charge is -2.31. The SMILES string of the molecule is O=C(CN1CCC(NC(=O)NCCOc2ccc(Cl)cc2)CC1)Nc1ccccc1. The van der Waals surface area contributed by atoms with E-state index in [1.54, 1.807) is 24.3 Å². The Morgan fingerprint density at radius 1 is 1.03 bits per heavy atom. The Balaban J connectivity index is 1.27. The van der Waals surface area contributed by atoms with Crippen LogP contribution >= 0.6 is 11.6 Å². The quantitative estimate of drug-likeness (QED) is 0.562. The Kier molecular flexibility index (Phi) is 8.35. The highest BCUT2D eigenvalue weighted by atomic mass is 35.5. The fraction of sp³-hybridized carbons (Fsp3) is 0.364. The summed E-state index contributed by atoms with van der Waals surface area (Å²) in [7, 11) is 0. The van der Waals surface area contributed by atoms with E-state index >= 15 is 0 Å². The van der Waals surface area contributed by atoms with Gasteiger partial charge in [-0.2, -0.15) is 0 Å². The molecular weight excluding hydrogens is 404 g/mol. The van der Waals surface area contributed by atoms with Crippen molar-refractivity contribution < 1.29 is 14.3 Å². The molecule has 2 aromatic carbocycles. The van der Waals surface area contributed by atoms with Gasteiger partial charge in [-0.25, -0.2) is 4.79 Å². The highest BCUT2D eigenvalue weighted by Crippen LogP contribution is 2.15. The molecule has 1 heterocycles. The molecule has 3 rings (SSSR count). The summed E-state index contributed by atoms with van der Waals surface area (Å²) in [6, 6.07) is 16.4. The van der Waals surface area contributed by atoms with Gasteiger partial charge in [-0.05, 0) is 49.2 Å². The number of nitrogens with one attached hydrogen (secondary N) is 3. The maximum atomic E-state index is 12.2. The first-order valence-corrected chi connectivity index (χ1v) is 10.5. The smallest absolute Gasteiger partial charge is 0.315 e. The minimum Gasteiger partial charge on any atom is -0.492 e. The number of rotatable bonds is 8. The van der Waals surface area contributed by atoms with Crippen molar-refractivity contribution in [3.05, 3.63) is 59.6 Å². The Morgan fingerprint density at radius 3 is 2.43 bits per heavy atom. The highest BCUT2D eigenvalue weighted by molar-refractivity contribution is 6.30. The Bertz CT molecular complexity index is 809. The van der Waals surface area contributed by atoms with E-state index in [-0.39, 0.29) is 18.0 Å². The second-order valence-electron chi connectivity index (χ2n) is 7.17. The second kappa shape index (κ2) is 11.4. The van der Waals surface area contributed by atoms with Crippen molar-refractivity contribution in [3.8, 4) is 5.75 Å². The van der Waals surface area contributed by atoms with Gasteiger partial charge in [0.2, 0.25) is 5.91 Å². The lowest BCUT2D eigenvalue weighted by atomic mass is 10.1. The van der Waals surface area contributed by atoms with Crippen molar-refractivity contribution in [1.29, 1.82) is 0 Å². The zero-order chi connectivity index (χ0) is 21.2. The van der Waals surface area contributed by atoms with Crippen LogP contribution in [0.5, 0.6) is 5.75 Å². The number of carbonyl (C=O) groups is 2. The predicted octanol–water partition coefficient (Wildman–Crippen LogP) is 3.12. The number of halogens is 1. The number of carbonyl (C=O) groups excluding carboxylic acids is 2. The molecule has 7 nitrogen and oxygen atoms in total. The summed E-state index contributed by atoms with van der Waals surface area (Å²) < 4.78 is 5.55. The van der Waals surface area contributed by atoms with Crippen molar-refractivity contribution in [1.82, 2.24) is 15.5 Å². The van der Waals surface area contributed by atoms with Gasteiger partial charge in [0.15, 0.2) is 0 Å². The standard InChI is InChI=1S/C22H27ClN4O3/c23-17-6-8-20(9-7-17)30-15-12-24-22(29)26-19-10-13-27(14-11-19)16-21(28)25-18-4-2-1-3-5-18/h1-9,19H,10-16H2,(H,25,28)(H2,24,26,29). The van der Waals surface area contributed by atoms with Crippen LogP contribution in [-0.4, -0.2) is 55.7 Å². The Hall–Kier alpha value is -2.77. The topological polar surface area (TPSA) is 82.7 Å². The van der Waals surface area contributed by atoms with Gasteiger partial charge in [0, 0.05) is 29.8 Å². The average Bonchev–Trinajstić information content (AvgIpc) is 2.74. The van der Waals surface area contributed by atoms with E-state index < -0.39 is 0 Å². The van der Waals surface area contributed by atoms with E-state index in [2.05, 4.69) is 20.9 Å². The van der Waals surface area contributed by atoms with Gasteiger partial charge < -0.3 is 20.7 Å². The van der Waals surface area contributed by atoms with Crippen LogP contribution in [0.3, 0.4) is 0 Å². The minimum atomic E-state index is -0.199. The monoisotopic (exact) mass is 430 g/mol. The first-order chi connectivity index (χ1) is 14.6. The number of urea groups is 1. The van der Waals surface area contributed by atoms with Crippen molar-refractivity contribution in [2.24, 2.45) is 0 Å². The van der Waals surface area contributed by atoms with E-state index in [9.17, 15) is 9.59 Å². The van der Waals surface area contributed by atoms with Crippen molar-refractivity contribution in [3.63, 3.8) is 0 Å². The van der Waals surface area contributed by atoms with Crippen LogP contribution < -0.4 is 20.7 Å². The summed E-state index contributed by atoms with van der Waals surface area (Å²) in [6.07, 6.45) is 1.63. The van der Waals surface area contributed by atoms with E-state index in [1.807, 2.05) is 30.3 Å². The molecular formula is C22H27ClN4O3. The number of hydrogen-bond acceptors (Lipinski definition) is 4. The minimum absolute atomic E-state index is 0.0222. The molecule has 2 aromatic rings. The molecule has 3 amide bonds. The van der Waals surface area contributed by atoms with Crippen molar-refractivity contribution >= 4 is 29.2 Å². The molecule has 1 fully saturated rings. The number of hydrogen-bond donors (Lipinski definition) is 3. The normalized spacial score (nSPS) is 14.7. The summed E-state index contributed by atoms with van der Waals surface area (Å²) in [4.78, 5) is 26.3. The van der Waals surface area contributed by atoms with Crippen LogP contribution in [0.15, 0.2) is 54.6 Å². The molecule has 3 N–H and O–H groups in total. The summed E-state index contributed by atoms with van der Waals surface area (Å²) in [5.41, 5.74) is 0.802. The van der Waals surface area contributed by atoms with Crippen LogP contribution in [0.2, 0.25) is 5.02 Å². The van der Waals surface area contributed by atoms with Crippen LogP contribution in [0.1, 0.15) is 12.8 Å². The van der Waals surface area contributed by atoms with Gasteiger partial charge in [0.1, 0.15) is 12.4 Å². The van der Waals surface area contributed by atoms with Crippen molar-refractivity contribution in [2.45, 2.75) is 18.9 Å². The molecule has 1 saturated heterocycles. The van der Waals surface area contributed by atoms with E-state index in [1.165, 1.54) is 0 Å². The number of amides is 3. The average molecular weight is 431 g/mol. The van der Waals surface area contributed by atoms with E-state index in [4.69, 9.17) is 16.3 Å². The molecule has 0 aliphatic carbocycles. The molecule has 0 atom stereocenters. The summed E-state index contributed by atoms with van der Waals surface area (Å²) in [5.74, 6) is 0.691. The number of para-hydroxylation sites is 1. The summed E-state index contributed by atoms with van der Waals surface area (Å²) in [6.45, 7) is 2.69. The van der Waals surface area contributed by atoms with E-state index in [0.717, 1.165) is 31.6 Å². The largest absolute Gasteiger partial charge is 0.492 e. The highest BCUT2D eigenvalue weighted by Gasteiger charge is 2.22. The fourth-order valence-corrected chi connectivity index (χ4v) is 3.39. The zero-order valence-electron chi connectivity index (χ0n) is 16.8. The molecule has 0 aromatic heterocycles. The number of anilines is 1. The lowest BCUT2D eigenvalue weighted by Crippen LogP contribution is -2.49. The molecule has 0 unspecified atom stereocenters. The third-order valence-electron chi connectivity index (χ3n) is 4.82. The van der Waals surface area contributed by atoms with Crippen LogP contribution in [0.25, 0.3) is 0 Å². The van der Waals surface area contributed by atoms with Gasteiger partial charge in [0.25, 0.3) is 0 Å². The van der Waals surface area contributed by atoms with Gasteiger partial charge in [-0.15, -0.1) is 0 Å². The maximum Gasteiger partial charge on any atom is 0.315 e. The van der Waals surface area contributed by atoms with Crippen LogP contribution in [0, 0.1) is 0 Å². The fourth-order valence-electron chi connectivity index (χ4n) is 3.26. The first-order valence-electron chi connectivity index (χ1n) is 10.1. The third kappa shape index (κ3) is 7.57. The van der Waals surface area contributed by atoms with E-state index in [0.29, 0.717) is 30.5 Å². The lowest BCUT2D eigenvalue weighted by molar-refractivity contribution is -0.117. The number of nitrogens with zero attached hydrogens (tertiary/aromatic N) is 1.